The van der Waals surface area contributed by atoms with Gasteiger partial charge in [-0.3, -0.25) is 0 Å². The van der Waals surface area contributed by atoms with Gasteiger partial charge in [0.25, 0.3) is 0 Å². The van der Waals surface area contributed by atoms with Crippen LogP contribution in [0.3, 0.4) is 0 Å². The summed E-state index contributed by atoms with van der Waals surface area (Å²) >= 11 is 0. The fraction of sp³-hybridized carbons (Fsp3) is 1.00. The maximum atomic E-state index is 10.9. The zero-order valence-electron chi connectivity index (χ0n) is 3.67. The maximum absolute atomic E-state index is 10.9. The smallest absolute Gasteiger partial charge is 0.569 e. The molecule has 5 heteroatoms. The predicted octanol–water partition coefficient (Wildman–Crippen LogP) is -0.319. The first kappa shape index (κ1) is 10.6. The number of rotatable bonds is 1. The fourth-order valence-electron chi connectivity index (χ4n) is 0. The topological polar surface area (TPSA) is 0 Å². The highest BCUT2D eigenvalue weighted by molar-refractivity contribution is 7.60. The summed E-state index contributed by atoms with van der Waals surface area (Å²) in [6.45, 7) is 1.13. The minimum absolute atomic E-state index is 0. The van der Waals surface area contributed by atoms with Crippen LogP contribution in [0.15, 0.2) is 0 Å². The molecule has 0 spiro atoms. The summed E-state index contributed by atoms with van der Waals surface area (Å²) < 4.78 is 32.7. The zero-order valence-corrected chi connectivity index (χ0v) is 6.15. The van der Waals surface area contributed by atoms with Crippen molar-refractivity contribution in [2.24, 2.45) is 0 Å². The molecule has 0 aromatic carbocycles. The Hall–Kier alpha value is 0.700. The number of hydrogen-bond acceptors (Lipinski definition) is 0. The molecule has 0 radical (unpaired) electrons. The first-order valence-corrected chi connectivity index (χ1v) is 3.18. The van der Waals surface area contributed by atoms with Crippen molar-refractivity contribution < 1.29 is 29.6 Å². The van der Waals surface area contributed by atoms with Crippen LogP contribution < -0.4 is 17.0 Å². The Morgan fingerprint density at radius 2 is 1.43 bits per heavy atom. The first-order valence-electron chi connectivity index (χ1n) is 1.53. The molecular formula is C2H5BrF3P. The third kappa shape index (κ3) is 10.8. The molecule has 0 saturated carbocycles. The summed E-state index contributed by atoms with van der Waals surface area (Å²) in [4.78, 5) is 0. The summed E-state index contributed by atoms with van der Waals surface area (Å²) in [5, 5.41) is 0. The molecule has 0 aromatic heterocycles. The van der Waals surface area contributed by atoms with Gasteiger partial charge in [0.1, 0.15) is 0 Å². The summed E-state index contributed by atoms with van der Waals surface area (Å²) in [7, 11) is -4.90. The van der Waals surface area contributed by atoms with E-state index in [1.54, 1.807) is 0 Å². The molecule has 0 N–H and O–H groups in total. The van der Waals surface area contributed by atoms with Crippen LogP contribution in [0.4, 0.5) is 12.6 Å². The van der Waals surface area contributed by atoms with E-state index >= 15 is 0 Å². The van der Waals surface area contributed by atoms with Gasteiger partial charge in [-0.2, -0.15) is 0 Å². The lowest BCUT2D eigenvalue weighted by molar-refractivity contribution is -0.00000426. The lowest BCUT2D eigenvalue weighted by Gasteiger charge is -1.80. The third-order valence-electron chi connectivity index (χ3n) is 0.359. The van der Waals surface area contributed by atoms with Crippen LogP contribution in [0.5, 0.6) is 0 Å². The fourth-order valence-corrected chi connectivity index (χ4v) is 0. The van der Waals surface area contributed by atoms with Crippen molar-refractivity contribution in [2.45, 2.75) is 6.92 Å². The second-order valence-corrected chi connectivity index (χ2v) is 2.60. The van der Waals surface area contributed by atoms with E-state index in [9.17, 15) is 12.6 Å². The second-order valence-electron chi connectivity index (χ2n) is 0.866. The number of hydrogen-bond donors (Lipinski definition) is 0. The molecule has 0 aromatic rings. The van der Waals surface area contributed by atoms with Gasteiger partial charge in [0.2, 0.25) is 0 Å². The number of halogens is 4. The standard InChI is InChI=1S/C2H5F3P.BrH/c1-2-6(3,4)5;/h2H2,1H3;1H/q+1;/p-1. The third-order valence-corrected chi connectivity index (χ3v) is 1.08. The summed E-state index contributed by atoms with van der Waals surface area (Å²) in [6, 6.07) is 0. The lowest BCUT2D eigenvalue weighted by Crippen LogP contribution is -3.00. The summed E-state index contributed by atoms with van der Waals surface area (Å²) in [5.74, 6) is 0. The van der Waals surface area contributed by atoms with Crippen molar-refractivity contribution in [1.29, 1.82) is 0 Å². The molecule has 7 heavy (non-hydrogen) atoms. The second kappa shape index (κ2) is 3.67. The van der Waals surface area contributed by atoms with Crippen molar-refractivity contribution in [3.05, 3.63) is 0 Å². The van der Waals surface area contributed by atoms with Crippen molar-refractivity contribution in [3.8, 4) is 0 Å². The molecule has 0 bridgehead atoms. The average molecular weight is 197 g/mol. The van der Waals surface area contributed by atoms with Crippen LogP contribution in [-0.2, 0) is 0 Å². The van der Waals surface area contributed by atoms with Crippen LogP contribution in [0.25, 0.3) is 0 Å². The molecule has 0 unspecified atom stereocenters. The summed E-state index contributed by atoms with van der Waals surface area (Å²) in [5.41, 5.74) is 0. The van der Waals surface area contributed by atoms with Gasteiger partial charge in [0.05, 0.1) is 0 Å². The highest BCUT2D eigenvalue weighted by atomic mass is 79.9. The molecule has 0 fully saturated rings. The Labute approximate surface area is 51.6 Å². The van der Waals surface area contributed by atoms with Crippen LogP contribution in [-0.4, -0.2) is 6.16 Å². The van der Waals surface area contributed by atoms with Gasteiger partial charge in [-0.25, -0.2) is 0 Å². The van der Waals surface area contributed by atoms with E-state index in [4.69, 9.17) is 0 Å². The van der Waals surface area contributed by atoms with E-state index in [0.717, 1.165) is 6.92 Å². The predicted molar refractivity (Wildman–Crippen MR) is 20.8 cm³/mol. The Kier molecular flexibility index (Phi) is 5.58. The van der Waals surface area contributed by atoms with Crippen molar-refractivity contribution in [2.75, 3.05) is 6.16 Å². The van der Waals surface area contributed by atoms with Crippen molar-refractivity contribution >= 4 is 8.19 Å². The van der Waals surface area contributed by atoms with Gasteiger partial charge >= 0.3 is 8.19 Å². The van der Waals surface area contributed by atoms with E-state index < -0.39 is 14.4 Å². The van der Waals surface area contributed by atoms with Gasteiger partial charge in [-0.15, -0.1) is 0 Å². The first-order chi connectivity index (χ1) is 2.56. The van der Waals surface area contributed by atoms with Gasteiger partial charge in [-0.1, -0.05) is 0 Å². The normalized spacial score (nSPS) is 10.3. The maximum Gasteiger partial charge on any atom is 0.569 e. The molecule has 0 saturated heterocycles. The molecule has 0 nitrogen and oxygen atoms in total. The largest absolute Gasteiger partial charge is 1.00 e. The molecule has 46 valence electrons. The minimum atomic E-state index is -4.90. The van der Waals surface area contributed by atoms with E-state index in [2.05, 4.69) is 0 Å². The van der Waals surface area contributed by atoms with Gasteiger partial charge in [0.15, 0.2) is 6.16 Å². The average Bonchev–Trinajstić information content (AvgIpc) is 1.35. The quantitative estimate of drug-likeness (QED) is 0.505. The Balaban J connectivity index is 0. The summed E-state index contributed by atoms with van der Waals surface area (Å²) in [6.07, 6.45) is -0.618. The van der Waals surface area contributed by atoms with E-state index in [1.807, 2.05) is 0 Å². The van der Waals surface area contributed by atoms with E-state index in [-0.39, 0.29) is 17.0 Å². The van der Waals surface area contributed by atoms with Gasteiger partial charge in [-0.05, 0) is 6.92 Å². The molecule has 0 aliphatic heterocycles. The molecule has 0 heterocycles. The molecule has 0 amide bonds. The van der Waals surface area contributed by atoms with Crippen LogP contribution >= 0.6 is 8.19 Å². The molecule has 0 atom stereocenters. The van der Waals surface area contributed by atoms with Gasteiger partial charge < -0.3 is 17.0 Å². The van der Waals surface area contributed by atoms with E-state index in [1.165, 1.54) is 0 Å². The van der Waals surface area contributed by atoms with Crippen LogP contribution in [0, 0.1) is 0 Å². The molecular weight excluding hydrogens is 192 g/mol. The molecule has 0 rings (SSSR count). The zero-order chi connectivity index (χ0) is 5.21. The monoisotopic (exact) mass is 196 g/mol. The Morgan fingerprint density at radius 1 is 1.29 bits per heavy atom. The Morgan fingerprint density at radius 3 is 1.43 bits per heavy atom. The molecule has 0 aliphatic carbocycles. The lowest BCUT2D eigenvalue weighted by atomic mass is 11.0. The Bertz CT molecular complexity index is 42.7. The van der Waals surface area contributed by atoms with Crippen LogP contribution in [0.2, 0.25) is 0 Å². The van der Waals surface area contributed by atoms with Crippen LogP contribution in [0.1, 0.15) is 6.92 Å². The minimum Gasteiger partial charge on any atom is -1.00 e. The van der Waals surface area contributed by atoms with Crippen molar-refractivity contribution in [3.63, 3.8) is 0 Å². The van der Waals surface area contributed by atoms with Crippen molar-refractivity contribution in [1.82, 2.24) is 0 Å². The highest BCUT2D eigenvalue weighted by Gasteiger charge is 2.39. The van der Waals surface area contributed by atoms with E-state index in [0.29, 0.717) is 0 Å². The van der Waals surface area contributed by atoms with Gasteiger partial charge in [0, 0.05) is 12.6 Å². The SMILES string of the molecule is CC[P+](F)(F)F.[Br-]. The molecule has 0 aliphatic rings. The highest BCUT2D eigenvalue weighted by Crippen LogP contribution is 2.63.